The lowest BCUT2D eigenvalue weighted by molar-refractivity contribution is -0.107. The minimum atomic E-state index is -0.228. The van der Waals surface area contributed by atoms with Crippen molar-refractivity contribution in [3.63, 3.8) is 0 Å². The molecule has 0 N–H and O–H groups in total. The molecule has 12 heavy (non-hydrogen) atoms. The topological polar surface area (TPSA) is 17.1 Å². The third-order valence-electron chi connectivity index (χ3n) is 1.55. The van der Waals surface area contributed by atoms with Crippen LogP contribution >= 0.6 is 22.6 Å². The molecule has 0 heterocycles. The van der Waals surface area contributed by atoms with Gasteiger partial charge in [-0.1, -0.05) is 6.07 Å². The second-order valence-electron chi connectivity index (χ2n) is 2.44. The van der Waals surface area contributed by atoms with Crippen molar-refractivity contribution in [3.8, 4) is 0 Å². The Morgan fingerprint density at radius 3 is 2.83 bits per heavy atom. The van der Waals surface area contributed by atoms with E-state index < -0.39 is 0 Å². The summed E-state index contributed by atoms with van der Waals surface area (Å²) in [6.07, 6.45) is 2.07. The molecule has 0 fully saturated rings. The van der Waals surface area contributed by atoms with Crippen LogP contribution in [0.2, 0.25) is 0 Å². The predicted octanol–water partition coefficient (Wildman–Crippen LogP) is 2.56. The molecule has 1 aromatic rings. The van der Waals surface area contributed by atoms with E-state index in [-0.39, 0.29) is 5.82 Å². The first-order valence-corrected chi connectivity index (χ1v) is 4.69. The molecule has 0 atom stereocenters. The molecule has 0 radical (unpaired) electrons. The molecule has 1 nitrogen and oxygen atoms in total. The van der Waals surface area contributed by atoms with Crippen molar-refractivity contribution in [2.75, 3.05) is 0 Å². The van der Waals surface area contributed by atoms with Crippen molar-refractivity contribution >= 4 is 28.9 Å². The lowest BCUT2D eigenvalue weighted by Gasteiger charge is -2.00. The summed E-state index contributed by atoms with van der Waals surface area (Å²) in [5, 5.41) is 0. The van der Waals surface area contributed by atoms with E-state index in [9.17, 15) is 9.18 Å². The molecule has 0 aromatic heterocycles. The van der Waals surface area contributed by atoms with Crippen molar-refractivity contribution in [3.05, 3.63) is 33.1 Å². The molecular weight excluding hydrogens is 270 g/mol. The molecule has 0 unspecified atom stereocenters. The second kappa shape index (κ2) is 4.54. The second-order valence-corrected chi connectivity index (χ2v) is 3.60. The number of carbonyl (C=O) groups is 1. The molecular formula is C9H8FIO. The lowest BCUT2D eigenvalue weighted by atomic mass is 10.1. The highest BCUT2D eigenvalue weighted by atomic mass is 127. The first-order chi connectivity index (χ1) is 5.74. The Morgan fingerprint density at radius 1 is 1.50 bits per heavy atom. The summed E-state index contributed by atoms with van der Waals surface area (Å²) in [5.74, 6) is -0.228. The number of halogens is 2. The highest BCUT2D eigenvalue weighted by Gasteiger charge is 1.99. The fourth-order valence-electron chi connectivity index (χ4n) is 0.939. The monoisotopic (exact) mass is 278 g/mol. The van der Waals surface area contributed by atoms with Crippen LogP contribution in [0, 0.1) is 9.39 Å². The van der Waals surface area contributed by atoms with E-state index >= 15 is 0 Å². The average Bonchev–Trinajstić information content (AvgIpc) is 2.03. The zero-order chi connectivity index (χ0) is 8.97. The largest absolute Gasteiger partial charge is 0.303 e. The van der Waals surface area contributed by atoms with Gasteiger partial charge in [-0.25, -0.2) is 4.39 Å². The summed E-state index contributed by atoms with van der Waals surface area (Å²) in [7, 11) is 0. The fraction of sp³-hybridized carbons (Fsp3) is 0.222. The Bertz CT molecular complexity index is 286. The van der Waals surface area contributed by atoms with E-state index in [0.717, 1.165) is 15.4 Å². The molecule has 0 bridgehead atoms. The number of aldehydes is 1. The Labute approximate surface area is 84.1 Å². The normalized spacial score (nSPS) is 9.83. The van der Waals surface area contributed by atoms with Crippen LogP contribution in [-0.2, 0) is 11.2 Å². The maximum atomic E-state index is 12.6. The quantitative estimate of drug-likeness (QED) is 0.613. The van der Waals surface area contributed by atoms with E-state index in [1.165, 1.54) is 12.1 Å². The number of aryl methyl sites for hydroxylation is 1. The van der Waals surface area contributed by atoms with Crippen molar-refractivity contribution < 1.29 is 9.18 Å². The Kier molecular flexibility index (Phi) is 3.65. The van der Waals surface area contributed by atoms with E-state index in [2.05, 4.69) is 22.6 Å². The van der Waals surface area contributed by atoms with Crippen molar-refractivity contribution in [1.29, 1.82) is 0 Å². The molecule has 1 rings (SSSR count). The summed E-state index contributed by atoms with van der Waals surface area (Å²) in [4.78, 5) is 10.1. The molecule has 0 aliphatic heterocycles. The first kappa shape index (κ1) is 9.64. The molecule has 0 aliphatic carbocycles. The minimum Gasteiger partial charge on any atom is -0.303 e. The van der Waals surface area contributed by atoms with Crippen molar-refractivity contribution in [2.45, 2.75) is 12.8 Å². The number of rotatable bonds is 3. The third kappa shape index (κ3) is 2.55. The molecule has 0 saturated carbocycles. The summed E-state index contributed by atoms with van der Waals surface area (Å²) >= 11 is 2.07. The Morgan fingerprint density at radius 2 is 2.25 bits per heavy atom. The van der Waals surface area contributed by atoms with Gasteiger partial charge in [0, 0.05) is 9.99 Å². The van der Waals surface area contributed by atoms with E-state index in [0.29, 0.717) is 12.8 Å². The molecule has 0 amide bonds. The lowest BCUT2D eigenvalue weighted by Crippen LogP contribution is -1.90. The van der Waals surface area contributed by atoms with Crippen LogP contribution in [0.4, 0.5) is 4.39 Å². The van der Waals surface area contributed by atoms with E-state index in [1.807, 2.05) is 0 Å². The van der Waals surface area contributed by atoms with Crippen LogP contribution in [-0.4, -0.2) is 6.29 Å². The summed E-state index contributed by atoms with van der Waals surface area (Å²) in [6, 6.07) is 4.61. The highest BCUT2D eigenvalue weighted by Crippen LogP contribution is 2.14. The number of carbonyl (C=O) groups excluding carboxylic acids is 1. The first-order valence-electron chi connectivity index (χ1n) is 3.61. The Hall–Kier alpha value is -0.450. The molecule has 1 aromatic carbocycles. The van der Waals surface area contributed by atoms with E-state index in [4.69, 9.17) is 0 Å². The number of hydrogen-bond donors (Lipinski definition) is 0. The molecule has 0 saturated heterocycles. The van der Waals surface area contributed by atoms with Crippen molar-refractivity contribution in [2.24, 2.45) is 0 Å². The van der Waals surface area contributed by atoms with Crippen molar-refractivity contribution in [1.82, 2.24) is 0 Å². The molecule has 0 spiro atoms. The van der Waals surface area contributed by atoms with Crippen LogP contribution in [0.3, 0.4) is 0 Å². The van der Waals surface area contributed by atoms with Crippen LogP contribution in [0.25, 0.3) is 0 Å². The van der Waals surface area contributed by atoms with Gasteiger partial charge < -0.3 is 4.79 Å². The fourth-order valence-corrected chi connectivity index (χ4v) is 1.69. The minimum absolute atomic E-state index is 0.228. The van der Waals surface area contributed by atoms with Gasteiger partial charge >= 0.3 is 0 Å². The molecule has 3 heteroatoms. The van der Waals surface area contributed by atoms with Crippen LogP contribution in [0.1, 0.15) is 12.0 Å². The van der Waals surface area contributed by atoms with Gasteiger partial charge in [-0.05, 0) is 46.7 Å². The van der Waals surface area contributed by atoms with Gasteiger partial charge in [0.2, 0.25) is 0 Å². The van der Waals surface area contributed by atoms with Gasteiger partial charge in [0.15, 0.2) is 0 Å². The SMILES string of the molecule is O=CCCc1ccc(F)cc1I. The molecule has 64 valence electrons. The zero-order valence-corrected chi connectivity index (χ0v) is 8.55. The standard InChI is InChI=1S/C9H8FIO/c10-8-4-3-7(2-1-5-12)9(11)6-8/h3-6H,1-2H2. The van der Waals surface area contributed by atoms with Crippen LogP contribution < -0.4 is 0 Å². The molecule has 0 aliphatic rings. The number of hydrogen-bond acceptors (Lipinski definition) is 1. The van der Waals surface area contributed by atoms with E-state index in [1.54, 1.807) is 6.07 Å². The van der Waals surface area contributed by atoms with Crippen LogP contribution in [0.5, 0.6) is 0 Å². The predicted molar refractivity (Wildman–Crippen MR) is 53.5 cm³/mol. The Balaban J connectivity index is 2.78. The highest BCUT2D eigenvalue weighted by molar-refractivity contribution is 14.1. The van der Waals surface area contributed by atoms with Gasteiger partial charge in [0.1, 0.15) is 12.1 Å². The van der Waals surface area contributed by atoms with Gasteiger partial charge in [-0.3, -0.25) is 0 Å². The van der Waals surface area contributed by atoms with Gasteiger partial charge in [0.05, 0.1) is 0 Å². The number of benzene rings is 1. The summed E-state index contributed by atoms with van der Waals surface area (Å²) in [6.45, 7) is 0. The van der Waals surface area contributed by atoms with Gasteiger partial charge in [0.25, 0.3) is 0 Å². The maximum absolute atomic E-state index is 12.6. The maximum Gasteiger partial charge on any atom is 0.124 e. The van der Waals surface area contributed by atoms with Crippen LogP contribution in [0.15, 0.2) is 18.2 Å². The smallest absolute Gasteiger partial charge is 0.124 e. The summed E-state index contributed by atoms with van der Waals surface area (Å²) < 4.78 is 13.5. The average molecular weight is 278 g/mol. The van der Waals surface area contributed by atoms with Gasteiger partial charge in [-0.2, -0.15) is 0 Å². The summed E-state index contributed by atoms with van der Waals surface area (Å²) in [5.41, 5.74) is 1.03. The third-order valence-corrected chi connectivity index (χ3v) is 2.55. The van der Waals surface area contributed by atoms with Gasteiger partial charge in [-0.15, -0.1) is 0 Å². The zero-order valence-electron chi connectivity index (χ0n) is 6.39.